The van der Waals surface area contributed by atoms with Gasteiger partial charge in [0.2, 0.25) is 0 Å². The molecule has 0 saturated carbocycles. The largest absolute Gasteiger partial charge is 0.159 e. The molecule has 0 spiro atoms. The fraction of sp³-hybridized carbons (Fsp3) is 0.429. The fourth-order valence-corrected chi connectivity index (χ4v) is 1.73. The van der Waals surface area contributed by atoms with E-state index in [0.717, 1.165) is 5.69 Å². The summed E-state index contributed by atoms with van der Waals surface area (Å²) >= 11 is 0. The van der Waals surface area contributed by atoms with Gasteiger partial charge in [-0.3, -0.25) is 0 Å². The van der Waals surface area contributed by atoms with E-state index in [-0.39, 0.29) is 0 Å². The van der Waals surface area contributed by atoms with Crippen molar-refractivity contribution in [1.29, 1.82) is 0 Å². The molecular formula is C14H20N2. The molecule has 1 rings (SSSR count). The van der Waals surface area contributed by atoms with E-state index < -0.39 is 0 Å². The minimum atomic E-state index is 0.456. The van der Waals surface area contributed by atoms with Crippen molar-refractivity contribution < 1.29 is 0 Å². The highest BCUT2D eigenvalue weighted by molar-refractivity contribution is 5.55. The van der Waals surface area contributed by atoms with Crippen molar-refractivity contribution in [3.63, 3.8) is 0 Å². The normalized spacial score (nSPS) is 11.6. The third-order valence-electron chi connectivity index (χ3n) is 2.58. The lowest BCUT2D eigenvalue weighted by Crippen LogP contribution is -1.94. The number of hydrogen-bond donors (Lipinski definition) is 0. The molecule has 0 heterocycles. The van der Waals surface area contributed by atoms with Gasteiger partial charge in [-0.15, -0.1) is 0 Å². The lowest BCUT2D eigenvalue weighted by Gasteiger charge is -2.15. The average molecular weight is 216 g/mol. The summed E-state index contributed by atoms with van der Waals surface area (Å²) in [4.78, 5) is 0. The first-order chi connectivity index (χ1) is 7.57. The van der Waals surface area contributed by atoms with Crippen molar-refractivity contribution >= 4 is 5.69 Å². The zero-order valence-corrected chi connectivity index (χ0v) is 10.6. The quantitative estimate of drug-likeness (QED) is 0.621. The average Bonchev–Trinajstić information content (AvgIpc) is 2.25. The first-order valence-corrected chi connectivity index (χ1v) is 5.72. The summed E-state index contributed by atoms with van der Waals surface area (Å²) in [5.74, 6) is 0.912. The first-order valence-electron chi connectivity index (χ1n) is 5.72. The van der Waals surface area contributed by atoms with Gasteiger partial charge in [-0.05, 0) is 23.0 Å². The van der Waals surface area contributed by atoms with Crippen LogP contribution in [0.2, 0.25) is 0 Å². The third-order valence-corrected chi connectivity index (χ3v) is 2.58. The molecule has 0 radical (unpaired) electrons. The maximum atomic E-state index is 4.27. The molecule has 0 bridgehead atoms. The van der Waals surface area contributed by atoms with Crippen molar-refractivity contribution in [2.75, 3.05) is 0 Å². The van der Waals surface area contributed by atoms with E-state index in [9.17, 15) is 0 Å². The molecule has 0 amide bonds. The van der Waals surface area contributed by atoms with E-state index in [1.165, 1.54) is 17.3 Å². The van der Waals surface area contributed by atoms with Crippen LogP contribution >= 0.6 is 0 Å². The third kappa shape index (κ3) is 2.78. The van der Waals surface area contributed by atoms with Crippen LogP contribution in [-0.4, -0.2) is 0 Å². The van der Waals surface area contributed by atoms with E-state index in [1.54, 1.807) is 0 Å². The molecule has 0 unspecified atom stereocenters. The summed E-state index contributed by atoms with van der Waals surface area (Å²) < 4.78 is 0. The molecule has 0 aliphatic rings. The molecule has 0 aromatic heterocycles. The van der Waals surface area contributed by atoms with Crippen LogP contribution in [0, 0.1) is 0 Å². The van der Waals surface area contributed by atoms with Crippen LogP contribution in [0.1, 0.15) is 50.7 Å². The smallest absolute Gasteiger partial charge is 0.0925 e. The molecule has 0 N–H and O–H groups in total. The molecule has 0 fully saturated rings. The Labute approximate surface area is 98.1 Å². The van der Waals surface area contributed by atoms with Crippen molar-refractivity contribution in [2.24, 2.45) is 10.2 Å². The predicted molar refractivity (Wildman–Crippen MR) is 69.3 cm³/mol. The van der Waals surface area contributed by atoms with Crippen LogP contribution in [0.15, 0.2) is 41.2 Å². The standard InChI is InChI=1S/C14H20N2/c1-6-15-16-14-12(10(2)3)8-7-9-13(14)11(4)5/h6-11H,1H2,2-5H3. The first kappa shape index (κ1) is 12.6. The number of nitrogens with zero attached hydrogens (tertiary/aromatic N) is 2. The van der Waals surface area contributed by atoms with Gasteiger partial charge in [0.1, 0.15) is 0 Å². The van der Waals surface area contributed by atoms with Gasteiger partial charge in [0.05, 0.1) is 5.69 Å². The van der Waals surface area contributed by atoms with Crippen molar-refractivity contribution in [3.8, 4) is 0 Å². The molecule has 0 aliphatic carbocycles. The van der Waals surface area contributed by atoms with Crippen molar-refractivity contribution in [3.05, 3.63) is 42.1 Å². The minimum absolute atomic E-state index is 0.456. The SMILES string of the molecule is C=CN=Nc1c(C(C)C)cccc1C(C)C. The van der Waals surface area contributed by atoms with E-state index >= 15 is 0 Å². The van der Waals surface area contributed by atoms with E-state index in [4.69, 9.17) is 0 Å². The van der Waals surface area contributed by atoms with Gasteiger partial charge in [-0.1, -0.05) is 52.5 Å². The molecule has 86 valence electrons. The van der Waals surface area contributed by atoms with Crippen LogP contribution in [0.5, 0.6) is 0 Å². The summed E-state index contributed by atoms with van der Waals surface area (Å²) in [6.07, 6.45) is 1.47. The second kappa shape index (κ2) is 5.59. The molecule has 0 atom stereocenters. The van der Waals surface area contributed by atoms with E-state index in [1.807, 2.05) is 0 Å². The van der Waals surface area contributed by atoms with Crippen LogP contribution in [0.25, 0.3) is 0 Å². The topological polar surface area (TPSA) is 24.7 Å². The molecule has 16 heavy (non-hydrogen) atoms. The Morgan fingerprint density at radius 1 is 1.06 bits per heavy atom. The minimum Gasteiger partial charge on any atom is -0.159 e. The summed E-state index contributed by atoms with van der Waals surface area (Å²) in [5.41, 5.74) is 3.50. The predicted octanol–water partition coefficient (Wildman–Crippen LogP) is 5.16. The van der Waals surface area contributed by atoms with Crippen LogP contribution in [0.3, 0.4) is 0 Å². The lowest BCUT2D eigenvalue weighted by atomic mass is 9.93. The highest BCUT2D eigenvalue weighted by atomic mass is 15.1. The Morgan fingerprint density at radius 2 is 1.56 bits per heavy atom. The van der Waals surface area contributed by atoms with E-state index in [2.05, 4.69) is 62.7 Å². The van der Waals surface area contributed by atoms with Gasteiger partial charge in [0, 0.05) is 6.20 Å². The second-order valence-corrected chi connectivity index (χ2v) is 4.49. The molecule has 0 aliphatic heterocycles. The Hall–Kier alpha value is -1.44. The van der Waals surface area contributed by atoms with Gasteiger partial charge in [0.15, 0.2) is 0 Å². The monoisotopic (exact) mass is 216 g/mol. The second-order valence-electron chi connectivity index (χ2n) is 4.49. The molecular weight excluding hydrogens is 196 g/mol. The Kier molecular flexibility index (Phi) is 4.41. The maximum Gasteiger partial charge on any atom is 0.0925 e. The molecule has 2 nitrogen and oxygen atoms in total. The number of azo groups is 1. The van der Waals surface area contributed by atoms with E-state index in [0.29, 0.717) is 11.8 Å². The number of hydrogen-bond acceptors (Lipinski definition) is 2. The highest BCUT2D eigenvalue weighted by Gasteiger charge is 2.12. The Morgan fingerprint density at radius 3 is 1.94 bits per heavy atom. The van der Waals surface area contributed by atoms with Crippen LogP contribution in [0.4, 0.5) is 5.69 Å². The number of benzene rings is 1. The molecule has 1 aromatic carbocycles. The van der Waals surface area contributed by atoms with Crippen molar-refractivity contribution in [2.45, 2.75) is 39.5 Å². The summed E-state index contributed by atoms with van der Waals surface area (Å²) in [7, 11) is 0. The molecule has 2 heteroatoms. The summed E-state index contributed by atoms with van der Waals surface area (Å²) in [6, 6.07) is 6.33. The van der Waals surface area contributed by atoms with Crippen molar-refractivity contribution in [1.82, 2.24) is 0 Å². The molecule has 0 saturated heterocycles. The van der Waals surface area contributed by atoms with Gasteiger partial charge in [-0.2, -0.15) is 10.2 Å². The fourth-order valence-electron chi connectivity index (χ4n) is 1.73. The Balaban J connectivity index is 3.34. The van der Waals surface area contributed by atoms with Gasteiger partial charge in [-0.25, -0.2) is 0 Å². The summed E-state index contributed by atoms with van der Waals surface area (Å²) in [5, 5.41) is 8.19. The van der Waals surface area contributed by atoms with Crippen LogP contribution in [-0.2, 0) is 0 Å². The van der Waals surface area contributed by atoms with Gasteiger partial charge < -0.3 is 0 Å². The lowest BCUT2D eigenvalue weighted by molar-refractivity contribution is 0.830. The molecule has 1 aromatic rings. The maximum absolute atomic E-state index is 4.27. The van der Waals surface area contributed by atoms with Gasteiger partial charge in [0.25, 0.3) is 0 Å². The van der Waals surface area contributed by atoms with Crippen LogP contribution < -0.4 is 0 Å². The Bertz CT molecular complexity index is 363. The van der Waals surface area contributed by atoms with Gasteiger partial charge >= 0.3 is 0 Å². The zero-order chi connectivity index (χ0) is 12.1. The highest BCUT2D eigenvalue weighted by Crippen LogP contribution is 2.34. The summed E-state index contributed by atoms with van der Waals surface area (Å²) in [6.45, 7) is 12.3. The number of rotatable bonds is 4. The zero-order valence-electron chi connectivity index (χ0n) is 10.6.